The largest absolute Gasteiger partial charge is 0.292 e. The summed E-state index contributed by atoms with van der Waals surface area (Å²) < 4.78 is 27.1. The van der Waals surface area contributed by atoms with E-state index in [1.807, 2.05) is 6.92 Å². The first-order valence-electron chi connectivity index (χ1n) is 6.86. The summed E-state index contributed by atoms with van der Waals surface area (Å²) in [6.07, 6.45) is 0.448. The first kappa shape index (κ1) is 14.5. The second kappa shape index (κ2) is 5.10. The standard InChI is InChI=1S/C15H15N3O3S/c1-3-12-14(22(20,21)11-7-5-4-6-8-11)15-16-10(2)9-13(19)18(15)17-12/h4-9,17H,3H2,1-2H3. The monoisotopic (exact) mass is 317 g/mol. The maximum atomic E-state index is 12.9. The zero-order chi connectivity index (χ0) is 15.9. The van der Waals surface area contributed by atoms with Crippen molar-refractivity contribution >= 4 is 15.5 Å². The van der Waals surface area contributed by atoms with E-state index in [1.54, 1.807) is 25.1 Å². The number of rotatable bonds is 3. The quantitative estimate of drug-likeness (QED) is 0.797. The average molecular weight is 317 g/mol. The molecule has 0 aliphatic heterocycles. The Morgan fingerprint density at radius 1 is 1.23 bits per heavy atom. The van der Waals surface area contributed by atoms with Crippen molar-refractivity contribution < 1.29 is 8.42 Å². The van der Waals surface area contributed by atoms with Gasteiger partial charge in [-0.25, -0.2) is 17.9 Å². The van der Waals surface area contributed by atoms with Gasteiger partial charge in [0.25, 0.3) is 5.56 Å². The molecular formula is C15H15N3O3S. The Kier molecular flexibility index (Phi) is 3.37. The minimum absolute atomic E-state index is 0.0713. The van der Waals surface area contributed by atoms with Crippen LogP contribution in [0.2, 0.25) is 0 Å². The van der Waals surface area contributed by atoms with Gasteiger partial charge in [0.1, 0.15) is 4.90 Å². The van der Waals surface area contributed by atoms with Crippen molar-refractivity contribution in [2.45, 2.75) is 30.1 Å². The predicted molar refractivity (Wildman–Crippen MR) is 81.8 cm³/mol. The molecule has 0 amide bonds. The van der Waals surface area contributed by atoms with Gasteiger partial charge in [0.2, 0.25) is 9.84 Å². The number of H-pyrrole nitrogens is 1. The maximum Gasteiger partial charge on any atom is 0.272 e. The van der Waals surface area contributed by atoms with Crippen LogP contribution in [0, 0.1) is 6.92 Å². The van der Waals surface area contributed by atoms with Crippen LogP contribution in [0.1, 0.15) is 18.3 Å². The Bertz CT molecular complexity index is 1000. The number of aromatic amines is 1. The zero-order valence-corrected chi connectivity index (χ0v) is 13.0. The van der Waals surface area contributed by atoms with Crippen molar-refractivity contribution in [3.63, 3.8) is 0 Å². The first-order valence-corrected chi connectivity index (χ1v) is 8.35. The van der Waals surface area contributed by atoms with Crippen LogP contribution in [-0.4, -0.2) is 23.0 Å². The molecule has 0 radical (unpaired) electrons. The molecule has 0 saturated heterocycles. The molecule has 3 aromatic rings. The molecule has 1 N–H and O–H groups in total. The second-order valence-electron chi connectivity index (χ2n) is 4.98. The van der Waals surface area contributed by atoms with Gasteiger partial charge in [0.15, 0.2) is 5.65 Å². The fourth-order valence-electron chi connectivity index (χ4n) is 2.42. The number of nitrogens with zero attached hydrogens (tertiary/aromatic N) is 2. The molecule has 114 valence electrons. The summed E-state index contributed by atoms with van der Waals surface area (Å²) in [4.78, 5) is 16.5. The van der Waals surface area contributed by atoms with E-state index in [2.05, 4.69) is 10.1 Å². The molecule has 0 aliphatic carbocycles. The molecule has 0 atom stereocenters. The molecule has 0 aliphatic rings. The fourth-order valence-corrected chi connectivity index (χ4v) is 4.06. The van der Waals surface area contributed by atoms with Crippen molar-refractivity contribution in [2.75, 3.05) is 0 Å². The summed E-state index contributed by atoms with van der Waals surface area (Å²) in [5, 5.41) is 2.85. The molecule has 2 aromatic heterocycles. The van der Waals surface area contributed by atoms with Crippen molar-refractivity contribution in [3.05, 3.63) is 58.1 Å². The van der Waals surface area contributed by atoms with E-state index in [0.717, 1.165) is 0 Å². The number of sulfone groups is 1. The van der Waals surface area contributed by atoms with Gasteiger partial charge in [-0.05, 0) is 25.5 Å². The lowest BCUT2D eigenvalue weighted by atomic mass is 10.3. The average Bonchev–Trinajstić information content (AvgIpc) is 2.87. The highest BCUT2D eigenvalue weighted by atomic mass is 32.2. The lowest BCUT2D eigenvalue weighted by Crippen LogP contribution is -2.15. The van der Waals surface area contributed by atoms with E-state index in [4.69, 9.17) is 0 Å². The number of benzene rings is 1. The Hall–Kier alpha value is -2.41. The molecule has 7 heteroatoms. The third-order valence-electron chi connectivity index (χ3n) is 3.45. The van der Waals surface area contributed by atoms with Crippen molar-refractivity contribution in [1.82, 2.24) is 14.6 Å². The highest BCUT2D eigenvalue weighted by Crippen LogP contribution is 2.27. The van der Waals surface area contributed by atoms with E-state index in [9.17, 15) is 13.2 Å². The molecule has 1 aromatic carbocycles. The minimum atomic E-state index is -3.75. The Balaban J connectivity index is 2.42. The van der Waals surface area contributed by atoms with Crippen molar-refractivity contribution in [1.29, 1.82) is 0 Å². The normalized spacial score (nSPS) is 11.9. The van der Waals surface area contributed by atoms with Gasteiger partial charge >= 0.3 is 0 Å². The van der Waals surface area contributed by atoms with Crippen LogP contribution in [-0.2, 0) is 16.3 Å². The second-order valence-corrected chi connectivity index (χ2v) is 6.87. The van der Waals surface area contributed by atoms with E-state index in [1.165, 1.54) is 22.7 Å². The van der Waals surface area contributed by atoms with E-state index >= 15 is 0 Å². The van der Waals surface area contributed by atoms with Gasteiger partial charge in [-0.15, -0.1) is 0 Å². The highest BCUT2D eigenvalue weighted by Gasteiger charge is 2.27. The summed E-state index contributed by atoms with van der Waals surface area (Å²) in [6, 6.07) is 9.51. The van der Waals surface area contributed by atoms with Crippen molar-refractivity contribution in [3.8, 4) is 0 Å². The highest BCUT2D eigenvalue weighted by molar-refractivity contribution is 7.91. The van der Waals surface area contributed by atoms with Gasteiger partial charge in [-0.2, -0.15) is 0 Å². The molecule has 22 heavy (non-hydrogen) atoms. The first-order chi connectivity index (χ1) is 10.4. The van der Waals surface area contributed by atoms with Crippen LogP contribution in [0.15, 0.2) is 51.0 Å². The number of fused-ring (bicyclic) bond motifs is 1. The zero-order valence-electron chi connectivity index (χ0n) is 12.2. The molecule has 0 saturated carbocycles. The molecule has 0 unspecified atom stereocenters. The Morgan fingerprint density at radius 2 is 1.91 bits per heavy atom. The summed E-state index contributed by atoms with van der Waals surface area (Å²) in [6.45, 7) is 3.49. The summed E-state index contributed by atoms with van der Waals surface area (Å²) in [5.74, 6) is 0. The number of aryl methyl sites for hydroxylation is 2. The van der Waals surface area contributed by atoms with Gasteiger partial charge in [-0.3, -0.25) is 9.89 Å². The van der Waals surface area contributed by atoms with Gasteiger partial charge < -0.3 is 0 Å². The lowest BCUT2D eigenvalue weighted by Gasteiger charge is -2.04. The summed E-state index contributed by atoms with van der Waals surface area (Å²) >= 11 is 0. The number of aromatic nitrogens is 3. The predicted octanol–water partition coefficient (Wildman–Crippen LogP) is 1.73. The topological polar surface area (TPSA) is 84.3 Å². The van der Waals surface area contributed by atoms with Crippen LogP contribution in [0.4, 0.5) is 0 Å². The van der Waals surface area contributed by atoms with E-state index in [-0.39, 0.29) is 21.0 Å². The van der Waals surface area contributed by atoms with Crippen LogP contribution >= 0.6 is 0 Å². The van der Waals surface area contributed by atoms with Gasteiger partial charge in [-0.1, -0.05) is 25.1 Å². The minimum Gasteiger partial charge on any atom is -0.292 e. The molecular weight excluding hydrogens is 302 g/mol. The van der Waals surface area contributed by atoms with Crippen LogP contribution in [0.3, 0.4) is 0 Å². The Morgan fingerprint density at radius 3 is 2.55 bits per heavy atom. The van der Waals surface area contributed by atoms with E-state index < -0.39 is 9.84 Å². The Labute approximate surface area is 127 Å². The summed E-state index contributed by atoms with van der Waals surface area (Å²) in [5.41, 5.74) is 0.771. The molecule has 3 rings (SSSR count). The van der Waals surface area contributed by atoms with Gasteiger partial charge in [0.05, 0.1) is 10.6 Å². The molecule has 0 spiro atoms. The third-order valence-corrected chi connectivity index (χ3v) is 5.31. The smallest absolute Gasteiger partial charge is 0.272 e. The fraction of sp³-hybridized carbons (Fsp3) is 0.200. The van der Waals surface area contributed by atoms with Crippen LogP contribution < -0.4 is 5.56 Å². The lowest BCUT2D eigenvalue weighted by molar-refractivity contribution is 0.595. The number of hydrogen-bond acceptors (Lipinski definition) is 4. The van der Waals surface area contributed by atoms with Crippen molar-refractivity contribution in [2.24, 2.45) is 0 Å². The van der Waals surface area contributed by atoms with Crippen LogP contribution in [0.5, 0.6) is 0 Å². The SMILES string of the molecule is CCc1[nH]n2c(=O)cc(C)nc2c1S(=O)(=O)c1ccccc1. The molecule has 6 nitrogen and oxygen atoms in total. The number of hydrogen-bond donors (Lipinski definition) is 1. The van der Waals surface area contributed by atoms with E-state index in [0.29, 0.717) is 17.8 Å². The molecule has 0 bridgehead atoms. The number of nitrogens with one attached hydrogen (secondary N) is 1. The van der Waals surface area contributed by atoms with Gasteiger partial charge in [0, 0.05) is 11.8 Å². The maximum absolute atomic E-state index is 12.9. The third kappa shape index (κ3) is 2.14. The molecule has 2 heterocycles. The molecule has 0 fully saturated rings. The summed E-state index contributed by atoms with van der Waals surface area (Å²) in [7, 11) is -3.75. The van der Waals surface area contributed by atoms with Crippen LogP contribution in [0.25, 0.3) is 5.65 Å².